The lowest BCUT2D eigenvalue weighted by atomic mass is 9.77. The van der Waals surface area contributed by atoms with Crippen LogP contribution >= 0.6 is 15.9 Å². The number of hydrogen-bond acceptors (Lipinski definition) is 9. The van der Waals surface area contributed by atoms with Gasteiger partial charge in [0.1, 0.15) is 29.3 Å². The molecule has 0 radical (unpaired) electrons. The number of fused-ring (bicyclic) bond motifs is 1. The summed E-state index contributed by atoms with van der Waals surface area (Å²) in [7, 11) is 1.38. The third-order valence-electron chi connectivity index (χ3n) is 11.3. The number of carbonyl (C=O) groups excluding carboxylic acids is 1. The Kier molecular flexibility index (Phi) is 11.8. The number of methoxy groups -OCH3 is 1. The Morgan fingerprint density at radius 2 is 1.40 bits per heavy atom. The van der Waals surface area contributed by atoms with E-state index < -0.39 is 5.54 Å². The average molecular weight is 896 g/mol. The maximum absolute atomic E-state index is 12.3. The van der Waals surface area contributed by atoms with Crippen LogP contribution in [0.1, 0.15) is 68.6 Å². The molecule has 0 saturated carbocycles. The van der Waals surface area contributed by atoms with Crippen LogP contribution in [-0.2, 0) is 29.7 Å². The highest BCUT2D eigenvalue weighted by Gasteiger charge is 2.41. The minimum Gasteiger partial charge on any atom is -0.472 e. The summed E-state index contributed by atoms with van der Waals surface area (Å²) in [6, 6.07) is 52.7. The van der Waals surface area contributed by atoms with Crippen LogP contribution in [0.5, 0.6) is 5.88 Å². The monoisotopic (exact) mass is 894 g/mol. The minimum atomic E-state index is -0.867. The number of aromatic nitrogens is 6. The number of halogens is 1. The van der Waals surface area contributed by atoms with E-state index in [1.54, 1.807) is 6.07 Å². The first-order chi connectivity index (χ1) is 30.9. The van der Waals surface area contributed by atoms with Gasteiger partial charge in [0.2, 0.25) is 5.88 Å². The van der Waals surface area contributed by atoms with Gasteiger partial charge in [0.25, 0.3) is 0 Å². The van der Waals surface area contributed by atoms with Crippen molar-refractivity contribution in [1.29, 1.82) is 0 Å². The summed E-state index contributed by atoms with van der Waals surface area (Å²) >= 11 is 3.87. The molecule has 3 aromatic heterocycles. The lowest BCUT2D eigenvalue weighted by molar-refractivity contribution is 0.0600. The van der Waals surface area contributed by atoms with E-state index in [-0.39, 0.29) is 12.6 Å². The van der Waals surface area contributed by atoms with Gasteiger partial charge in [0.05, 0.1) is 17.1 Å². The number of rotatable bonds is 14. The maximum atomic E-state index is 12.3. The molecule has 312 valence electrons. The molecule has 0 amide bonds. The van der Waals surface area contributed by atoms with E-state index in [1.165, 1.54) is 7.11 Å². The Labute approximate surface area is 373 Å². The molecule has 0 aliphatic carbocycles. The van der Waals surface area contributed by atoms with Gasteiger partial charge in [-0.2, -0.15) is 4.98 Å². The average Bonchev–Trinajstić information content (AvgIpc) is 3.95. The lowest BCUT2D eigenvalue weighted by Crippen LogP contribution is -2.39. The van der Waals surface area contributed by atoms with Crippen LogP contribution in [0.25, 0.3) is 33.7 Å². The third kappa shape index (κ3) is 8.03. The zero-order chi connectivity index (χ0) is 43.3. The standard InChI is InChI=1S/C52H43BrN6O4/c1-4-15-46-54-34(2)43(31-35-16-14-17-39(30-35)51(60)61-3)50(55-46)62-33-36-24-29-45-44(32-36)47(53)48(63-45)37-25-27-38(28-26-37)49-56-57-58-59(49)52(40-18-8-5-9-19-40,41-20-10-6-11-21-41)42-22-12-7-13-23-42/h5-14,16-30,32H,4,15,31,33H2,1-3H3. The fourth-order valence-corrected chi connectivity index (χ4v) is 8.84. The van der Waals surface area contributed by atoms with Crippen LogP contribution in [0.15, 0.2) is 167 Å². The molecule has 0 bridgehead atoms. The molecular formula is C52H43BrN6O4. The fourth-order valence-electron chi connectivity index (χ4n) is 8.22. The molecule has 63 heavy (non-hydrogen) atoms. The molecule has 0 unspecified atom stereocenters. The number of hydrogen-bond donors (Lipinski definition) is 0. The third-order valence-corrected chi connectivity index (χ3v) is 12.0. The zero-order valence-corrected chi connectivity index (χ0v) is 36.6. The van der Waals surface area contributed by atoms with E-state index in [1.807, 2.05) is 121 Å². The van der Waals surface area contributed by atoms with Gasteiger partial charge in [-0.05, 0) is 91.8 Å². The van der Waals surface area contributed by atoms with Gasteiger partial charge in [-0.1, -0.05) is 140 Å². The Morgan fingerprint density at radius 1 is 0.746 bits per heavy atom. The van der Waals surface area contributed by atoms with E-state index in [0.29, 0.717) is 29.4 Å². The largest absolute Gasteiger partial charge is 0.472 e. The minimum absolute atomic E-state index is 0.278. The molecular weight excluding hydrogens is 853 g/mol. The molecule has 0 saturated heterocycles. The quantitative estimate of drug-likeness (QED) is 0.0776. The first-order valence-corrected chi connectivity index (χ1v) is 21.6. The molecule has 0 atom stereocenters. The Morgan fingerprint density at radius 3 is 2.03 bits per heavy atom. The number of esters is 1. The van der Waals surface area contributed by atoms with Gasteiger partial charge < -0.3 is 13.9 Å². The van der Waals surface area contributed by atoms with Crippen molar-refractivity contribution < 1.29 is 18.7 Å². The van der Waals surface area contributed by atoms with Gasteiger partial charge in [0, 0.05) is 40.6 Å². The molecule has 0 aliphatic rings. The normalized spacial score (nSPS) is 11.5. The van der Waals surface area contributed by atoms with Crippen molar-refractivity contribution >= 4 is 32.9 Å². The molecule has 0 fully saturated rings. The second-order valence-corrected chi connectivity index (χ2v) is 16.1. The first-order valence-electron chi connectivity index (χ1n) is 20.8. The highest BCUT2D eigenvalue weighted by molar-refractivity contribution is 9.10. The summed E-state index contributed by atoms with van der Waals surface area (Å²) in [5.41, 5.74) is 8.77. The number of nitrogens with zero attached hydrogens (tertiary/aromatic N) is 6. The van der Waals surface area contributed by atoms with Crippen LogP contribution in [0, 0.1) is 6.92 Å². The maximum Gasteiger partial charge on any atom is 0.337 e. The summed E-state index contributed by atoms with van der Waals surface area (Å²) in [5.74, 6) is 2.20. The highest BCUT2D eigenvalue weighted by atomic mass is 79.9. The van der Waals surface area contributed by atoms with Crippen molar-refractivity contribution in [2.75, 3.05) is 7.11 Å². The van der Waals surface area contributed by atoms with E-state index in [9.17, 15) is 4.79 Å². The van der Waals surface area contributed by atoms with Crippen LogP contribution in [-0.4, -0.2) is 43.3 Å². The van der Waals surface area contributed by atoms with Crippen molar-refractivity contribution in [1.82, 2.24) is 30.2 Å². The van der Waals surface area contributed by atoms with E-state index in [2.05, 4.69) is 75.6 Å². The van der Waals surface area contributed by atoms with Gasteiger partial charge >= 0.3 is 5.97 Å². The first kappa shape index (κ1) is 41.1. The van der Waals surface area contributed by atoms with Gasteiger partial charge in [-0.25, -0.2) is 14.5 Å². The molecule has 0 aliphatic heterocycles. The molecule has 3 heterocycles. The van der Waals surface area contributed by atoms with Crippen molar-refractivity contribution in [2.24, 2.45) is 0 Å². The highest BCUT2D eigenvalue weighted by Crippen LogP contribution is 2.43. The fraction of sp³-hybridized carbons (Fsp3) is 0.154. The summed E-state index contributed by atoms with van der Waals surface area (Å²) in [6.45, 7) is 4.36. The predicted molar refractivity (Wildman–Crippen MR) is 246 cm³/mol. The van der Waals surface area contributed by atoms with Gasteiger partial charge in [-0.15, -0.1) is 5.10 Å². The zero-order valence-electron chi connectivity index (χ0n) is 35.0. The number of aryl methyl sites for hydroxylation is 2. The number of benzene rings is 6. The predicted octanol–water partition coefficient (Wildman–Crippen LogP) is 11.4. The number of carbonyl (C=O) groups is 1. The smallest absolute Gasteiger partial charge is 0.337 e. The topological polar surface area (TPSA) is 118 Å². The molecule has 10 nitrogen and oxygen atoms in total. The van der Waals surface area contributed by atoms with Crippen molar-refractivity contribution in [3.05, 3.63) is 213 Å². The molecule has 6 aromatic carbocycles. The number of tetrazole rings is 1. The van der Waals surface area contributed by atoms with E-state index in [0.717, 1.165) is 84.3 Å². The van der Waals surface area contributed by atoms with E-state index >= 15 is 0 Å². The van der Waals surface area contributed by atoms with Crippen molar-refractivity contribution in [2.45, 2.75) is 45.3 Å². The Hall–Kier alpha value is -7.24. The Bertz CT molecular complexity index is 2930. The second kappa shape index (κ2) is 18.0. The lowest BCUT2D eigenvalue weighted by Gasteiger charge is -2.36. The summed E-state index contributed by atoms with van der Waals surface area (Å²) in [6.07, 6.45) is 2.14. The summed E-state index contributed by atoms with van der Waals surface area (Å²) in [4.78, 5) is 21.9. The molecule has 11 heteroatoms. The molecule has 9 rings (SSSR count). The molecule has 9 aromatic rings. The van der Waals surface area contributed by atoms with Gasteiger partial charge in [-0.3, -0.25) is 0 Å². The van der Waals surface area contributed by atoms with Crippen LogP contribution < -0.4 is 4.74 Å². The molecule has 0 N–H and O–H groups in total. The SMILES string of the molecule is CCCc1nc(C)c(Cc2cccc(C(=O)OC)c2)c(OCc2ccc3oc(-c4ccc(-c5nnnn5C(c5ccccc5)(c5ccccc5)c5ccccc5)cc4)c(Br)c3c2)n1. The van der Waals surface area contributed by atoms with Crippen molar-refractivity contribution in [3.63, 3.8) is 0 Å². The van der Waals surface area contributed by atoms with E-state index in [4.69, 9.17) is 29.1 Å². The van der Waals surface area contributed by atoms with Crippen molar-refractivity contribution in [3.8, 4) is 28.6 Å². The number of furan rings is 1. The van der Waals surface area contributed by atoms with Crippen LogP contribution in [0.2, 0.25) is 0 Å². The second-order valence-electron chi connectivity index (χ2n) is 15.3. The Balaban J connectivity index is 1.01. The number of ether oxygens (including phenoxy) is 2. The summed E-state index contributed by atoms with van der Waals surface area (Å²) in [5, 5.41) is 14.5. The van der Waals surface area contributed by atoms with Crippen LogP contribution in [0.3, 0.4) is 0 Å². The van der Waals surface area contributed by atoms with Crippen LogP contribution in [0.4, 0.5) is 0 Å². The summed E-state index contributed by atoms with van der Waals surface area (Å²) < 4.78 is 20.7. The molecule has 0 spiro atoms. The van der Waals surface area contributed by atoms with Gasteiger partial charge in [0.15, 0.2) is 5.82 Å².